The van der Waals surface area contributed by atoms with Crippen LogP contribution in [0.3, 0.4) is 0 Å². The number of amides is 2. The molecule has 0 saturated carbocycles. The van der Waals surface area contributed by atoms with Crippen LogP contribution in [0.15, 0.2) is 47.4 Å². The van der Waals surface area contributed by atoms with Crippen LogP contribution in [0.2, 0.25) is 0 Å². The average Bonchev–Trinajstić information content (AvgIpc) is 3.40. The van der Waals surface area contributed by atoms with Crippen LogP contribution in [0.5, 0.6) is 0 Å². The van der Waals surface area contributed by atoms with Crippen molar-refractivity contribution in [3.8, 4) is 0 Å². The fraction of sp³-hybridized carbons (Fsp3) is 0.300. The molecule has 3 aromatic rings. The molecule has 1 unspecified atom stereocenters. The van der Waals surface area contributed by atoms with Crippen LogP contribution in [0.4, 0.5) is 0 Å². The Morgan fingerprint density at radius 3 is 2.79 bits per heavy atom. The Kier molecular flexibility index (Phi) is 3.46. The zero-order valence-electron chi connectivity index (χ0n) is 15.6. The molecule has 3 aromatic heterocycles. The van der Waals surface area contributed by atoms with E-state index in [2.05, 4.69) is 10.1 Å². The summed E-state index contributed by atoms with van der Waals surface area (Å²) in [4.78, 5) is 34.8. The number of carbonyl (C=O) groups excluding carboxylic acids is 2. The highest BCUT2D eigenvalue weighted by molar-refractivity contribution is 5.98. The van der Waals surface area contributed by atoms with Gasteiger partial charge in [0.2, 0.25) is 0 Å². The van der Waals surface area contributed by atoms with E-state index in [0.717, 1.165) is 5.56 Å². The van der Waals surface area contributed by atoms with E-state index in [1.165, 1.54) is 6.26 Å². The van der Waals surface area contributed by atoms with Gasteiger partial charge in [-0.2, -0.15) is 0 Å². The monoisotopic (exact) mass is 377 g/mol. The number of hydrogen-bond donors (Lipinski definition) is 0. The van der Waals surface area contributed by atoms with E-state index in [1.807, 2.05) is 42.0 Å². The van der Waals surface area contributed by atoms with Crippen molar-refractivity contribution >= 4 is 11.8 Å². The van der Waals surface area contributed by atoms with Gasteiger partial charge in [0.25, 0.3) is 11.8 Å². The van der Waals surface area contributed by atoms with Crippen LogP contribution >= 0.6 is 0 Å². The quantitative estimate of drug-likeness (QED) is 0.682. The maximum Gasteiger partial charge on any atom is 0.272 e. The van der Waals surface area contributed by atoms with Crippen molar-refractivity contribution < 1.29 is 14.1 Å². The first kappa shape index (κ1) is 16.7. The first-order chi connectivity index (χ1) is 13.5. The molecule has 28 heavy (non-hydrogen) atoms. The summed E-state index contributed by atoms with van der Waals surface area (Å²) in [5.74, 6) is -0.317. The van der Waals surface area contributed by atoms with Gasteiger partial charge >= 0.3 is 0 Å². The summed E-state index contributed by atoms with van der Waals surface area (Å²) < 4.78 is 6.88. The lowest BCUT2D eigenvalue weighted by Gasteiger charge is -2.46. The second-order valence-electron chi connectivity index (χ2n) is 7.29. The lowest BCUT2D eigenvalue weighted by atomic mass is 9.98. The van der Waals surface area contributed by atoms with Crippen LogP contribution in [0.25, 0.3) is 0 Å². The van der Waals surface area contributed by atoms with E-state index in [0.29, 0.717) is 42.3 Å². The molecule has 2 aliphatic rings. The number of nitrogens with zero attached hydrogens (tertiary/aromatic N) is 5. The predicted octanol–water partition coefficient (Wildman–Crippen LogP) is 1.95. The van der Waals surface area contributed by atoms with E-state index >= 15 is 0 Å². The van der Waals surface area contributed by atoms with Crippen LogP contribution in [-0.4, -0.2) is 49.4 Å². The van der Waals surface area contributed by atoms with Crippen molar-refractivity contribution in [3.63, 3.8) is 0 Å². The minimum atomic E-state index is -0.988. The normalized spacial score (nSPS) is 21.0. The van der Waals surface area contributed by atoms with E-state index in [4.69, 9.17) is 4.52 Å². The molecule has 8 heteroatoms. The van der Waals surface area contributed by atoms with Crippen molar-refractivity contribution in [2.45, 2.75) is 26.1 Å². The second kappa shape index (κ2) is 5.79. The Morgan fingerprint density at radius 2 is 2.07 bits per heavy atom. The van der Waals surface area contributed by atoms with E-state index in [-0.39, 0.29) is 11.8 Å². The van der Waals surface area contributed by atoms with Gasteiger partial charge in [0.1, 0.15) is 17.5 Å². The van der Waals surface area contributed by atoms with Crippen LogP contribution in [0, 0.1) is 13.8 Å². The molecule has 0 spiro atoms. The van der Waals surface area contributed by atoms with Gasteiger partial charge in [-0.05, 0) is 37.6 Å². The number of aromatic nitrogens is 3. The van der Waals surface area contributed by atoms with Crippen molar-refractivity contribution in [2.24, 2.45) is 0 Å². The topological polar surface area (TPSA) is 84.5 Å². The number of rotatable bonds is 2. The van der Waals surface area contributed by atoms with Crippen molar-refractivity contribution in [1.29, 1.82) is 0 Å². The number of pyridine rings is 1. The minimum absolute atomic E-state index is 0.101. The molecule has 1 atom stereocenters. The lowest BCUT2D eigenvalue weighted by Crippen LogP contribution is -2.60. The van der Waals surface area contributed by atoms with Crippen molar-refractivity contribution in [3.05, 3.63) is 71.1 Å². The molecule has 2 amide bonds. The Balaban J connectivity index is 1.70. The van der Waals surface area contributed by atoms with Gasteiger partial charge in [0.05, 0.1) is 17.9 Å². The standard InChI is InChI=1S/C20H19N5O3/c1-13-5-6-17(21-10-13)20-12-23-7-3-4-16(23)19(27)25(20)9-8-24(20)18(26)15-11-28-22-14(15)2/h3-7,10-11H,8-9,12H2,1-2H3. The molecule has 1 saturated heterocycles. The highest BCUT2D eigenvalue weighted by Gasteiger charge is 2.57. The van der Waals surface area contributed by atoms with Crippen LogP contribution in [-0.2, 0) is 12.2 Å². The zero-order chi connectivity index (χ0) is 19.5. The summed E-state index contributed by atoms with van der Waals surface area (Å²) in [5.41, 5.74) is 2.25. The zero-order valence-corrected chi connectivity index (χ0v) is 15.6. The fourth-order valence-corrected chi connectivity index (χ4v) is 4.25. The van der Waals surface area contributed by atoms with Gasteiger partial charge in [0, 0.05) is 25.5 Å². The summed E-state index contributed by atoms with van der Waals surface area (Å²) in [6.45, 7) is 4.97. The number of fused-ring (bicyclic) bond motifs is 2. The Bertz CT molecular complexity index is 1080. The van der Waals surface area contributed by atoms with Crippen LogP contribution < -0.4 is 0 Å². The van der Waals surface area contributed by atoms with Gasteiger partial charge < -0.3 is 18.9 Å². The molecule has 8 nitrogen and oxygen atoms in total. The van der Waals surface area contributed by atoms with Gasteiger partial charge in [0.15, 0.2) is 5.66 Å². The van der Waals surface area contributed by atoms with E-state index in [1.54, 1.807) is 22.9 Å². The van der Waals surface area contributed by atoms with Crippen LogP contribution in [0.1, 0.15) is 37.8 Å². The molecular weight excluding hydrogens is 358 g/mol. The van der Waals surface area contributed by atoms with Crippen molar-refractivity contribution in [2.75, 3.05) is 13.1 Å². The number of carbonyl (C=O) groups is 2. The summed E-state index contributed by atoms with van der Waals surface area (Å²) in [5, 5.41) is 3.84. The SMILES string of the molecule is Cc1ccc(C23Cn4cccc4C(=O)N2CCN3C(=O)c2conc2C)nc1. The summed E-state index contributed by atoms with van der Waals surface area (Å²) in [6, 6.07) is 7.51. The summed E-state index contributed by atoms with van der Waals surface area (Å²) >= 11 is 0. The Hall–Kier alpha value is -3.42. The molecular formula is C20H19N5O3. The summed E-state index contributed by atoms with van der Waals surface area (Å²) in [7, 11) is 0. The molecule has 0 N–H and O–H groups in total. The molecule has 0 aliphatic carbocycles. The molecule has 0 radical (unpaired) electrons. The molecule has 1 fully saturated rings. The number of hydrogen-bond acceptors (Lipinski definition) is 5. The third-order valence-electron chi connectivity index (χ3n) is 5.67. The molecule has 5 heterocycles. The van der Waals surface area contributed by atoms with E-state index < -0.39 is 5.66 Å². The first-order valence-corrected chi connectivity index (χ1v) is 9.15. The fourth-order valence-electron chi connectivity index (χ4n) is 4.25. The maximum absolute atomic E-state index is 13.4. The largest absolute Gasteiger partial charge is 0.364 e. The van der Waals surface area contributed by atoms with E-state index in [9.17, 15) is 9.59 Å². The molecule has 0 bridgehead atoms. The smallest absolute Gasteiger partial charge is 0.272 e. The summed E-state index contributed by atoms with van der Waals surface area (Å²) in [6.07, 6.45) is 5.00. The Labute approximate surface area is 161 Å². The molecule has 0 aromatic carbocycles. The second-order valence-corrected chi connectivity index (χ2v) is 7.29. The highest BCUT2D eigenvalue weighted by Crippen LogP contribution is 2.42. The lowest BCUT2D eigenvalue weighted by molar-refractivity contribution is -0.00829. The van der Waals surface area contributed by atoms with Crippen molar-refractivity contribution in [1.82, 2.24) is 24.5 Å². The average molecular weight is 377 g/mol. The Morgan fingerprint density at radius 1 is 1.21 bits per heavy atom. The van der Waals surface area contributed by atoms with Gasteiger partial charge in [-0.1, -0.05) is 11.2 Å². The first-order valence-electron chi connectivity index (χ1n) is 9.15. The van der Waals surface area contributed by atoms with Gasteiger partial charge in [-0.25, -0.2) is 0 Å². The minimum Gasteiger partial charge on any atom is -0.364 e. The maximum atomic E-state index is 13.4. The molecule has 5 rings (SSSR count). The third kappa shape index (κ3) is 2.11. The highest BCUT2D eigenvalue weighted by atomic mass is 16.5. The number of aryl methyl sites for hydroxylation is 2. The predicted molar refractivity (Wildman–Crippen MR) is 98.4 cm³/mol. The molecule has 2 aliphatic heterocycles. The van der Waals surface area contributed by atoms with Gasteiger partial charge in [-0.15, -0.1) is 0 Å². The molecule has 142 valence electrons. The third-order valence-corrected chi connectivity index (χ3v) is 5.67. The van der Waals surface area contributed by atoms with Gasteiger partial charge in [-0.3, -0.25) is 14.6 Å².